The molecule has 158 valence electrons. The molecule has 6 nitrogen and oxygen atoms in total. The van der Waals surface area contributed by atoms with Gasteiger partial charge in [-0.1, -0.05) is 23.8 Å². The molecule has 1 unspecified atom stereocenters. The summed E-state index contributed by atoms with van der Waals surface area (Å²) in [5.74, 6) is -0.368. The number of halogens is 1. The minimum atomic E-state index is -0.578. The molecule has 0 bridgehead atoms. The van der Waals surface area contributed by atoms with Gasteiger partial charge in [-0.25, -0.2) is 9.37 Å². The van der Waals surface area contributed by atoms with Crippen LogP contribution < -0.4 is 0 Å². The number of rotatable bonds is 3. The Morgan fingerprint density at radius 1 is 1.19 bits per heavy atom. The second kappa shape index (κ2) is 7.23. The highest BCUT2D eigenvalue weighted by molar-refractivity contribution is 7.05. The van der Waals surface area contributed by atoms with Crippen LogP contribution in [0, 0.1) is 19.7 Å². The summed E-state index contributed by atoms with van der Waals surface area (Å²) in [5.41, 5.74) is 3.29. The molecule has 1 aliphatic rings. The molecule has 1 atom stereocenters. The first-order valence-electron chi connectivity index (χ1n) is 10.2. The van der Waals surface area contributed by atoms with E-state index in [1.54, 1.807) is 23.7 Å². The fraction of sp³-hybridized carbons (Fsp3) is 0.304. The molecule has 2 aromatic carbocycles. The van der Waals surface area contributed by atoms with E-state index in [2.05, 4.69) is 14.5 Å². The van der Waals surface area contributed by atoms with Gasteiger partial charge in [-0.15, -0.1) is 0 Å². The van der Waals surface area contributed by atoms with Gasteiger partial charge in [0.05, 0.1) is 10.9 Å². The molecule has 2 aromatic heterocycles. The van der Waals surface area contributed by atoms with Crippen LogP contribution in [0.5, 0.6) is 0 Å². The summed E-state index contributed by atoms with van der Waals surface area (Å²) < 4.78 is 20.4. The predicted octanol–water partition coefficient (Wildman–Crippen LogP) is 4.01. The van der Waals surface area contributed by atoms with Gasteiger partial charge in [0.1, 0.15) is 17.2 Å². The molecule has 0 aliphatic carbocycles. The smallest absolute Gasteiger partial charge is 0.275 e. The van der Waals surface area contributed by atoms with Gasteiger partial charge < -0.3 is 4.90 Å². The van der Waals surface area contributed by atoms with Crippen molar-refractivity contribution in [1.29, 1.82) is 0 Å². The zero-order valence-corrected chi connectivity index (χ0v) is 18.4. The van der Waals surface area contributed by atoms with E-state index in [0.717, 1.165) is 27.0 Å². The second-order valence-corrected chi connectivity index (χ2v) is 9.04. The van der Waals surface area contributed by atoms with E-state index in [-0.39, 0.29) is 11.7 Å². The van der Waals surface area contributed by atoms with Gasteiger partial charge in [0, 0.05) is 25.5 Å². The number of likely N-dealkylation sites (tertiary alicyclic amines) is 1. The molecular formula is C23H22FN5OS. The van der Waals surface area contributed by atoms with Crippen molar-refractivity contribution in [1.82, 2.24) is 24.0 Å². The summed E-state index contributed by atoms with van der Waals surface area (Å²) >= 11 is 1.30. The van der Waals surface area contributed by atoms with Crippen molar-refractivity contribution in [3.05, 3.63) is 75.9 Å². The number of carbonyl (C=O) groups is 1. The van der Waals surface area contributed by atoms with Gasteiger partial charge in [0.15, 0.2) is 5.69 Å². The van der Waals surface area contributed by atoms with Crippen LogP contribution >= 0.6 is 11.5 Å². The third-order valence-corrected chi connectivity index (χ3v) is 7.13. The summed E-state index contributed by atoms with van der Waals surface area (Å²) in [4.78, 5) is 19.8. The molecular weight excluding hydrogens is 413 g/mol. The van der Waals surface area contributed by atoms with Crippen LogP contribution in [0.3, 0.4) is 0 Å². The number of carbonyl (C=O) groups excluding carboxylic acids is 1. The van der Waals surface area contributed by atoms with Gasteiger partial charge in [-0.05, 0) is 61.1 Å². The molecule has 3 heterocycles. The number of nitrogens with zero attached hydrogens (tertiary/aromatic N) is 5. The van der Waals surface area contributed by atoms with Gasteiger partial charge in [0.25, 0.3) is 5.91 Å². The van der Waals surface area contributed by atoms with Gasteiger partial charge >= 0.3 is 0 Å². The largest absolute Gasteiger partial charge is 0.336 e. The zero-order valence-electron chi connectivity index (χ0n) is 17.6. The SMILES string of the molecule is Cc1ccc2c(c1)c(C(=O)N1CCC(c3ccc(C)c(F)c3)(c3ncns3)C1)nn2C. The molecule has 1 fully saturated rings. The molecule has 5 rings (SSSR count). The van der Waals surface area contributed by atoms with E-state index in [0.29, 0.717) is 30.8 Å². The Morgan fingerprint density at radius 3 is 2.77 bits per heavy atom. The van der Waals surface area contributed by atoms with Crippen molar-refractivity contribution in [3.8, 4) is 0 Å². The van der Waals surface area contributed by atoms with Crippen LogP contribution in [-0.2, 0) is 12.5 Å². The van der Waals surface area contributed by atoms with Crippen molar-refractivity contribution in [3.63, 3.8) is 0 Å². The van der Waals surface area contributed by atoms with Gasteiger partial charge in [-0.3, -0.25) is 9.48 Å². The molecule has 1 saturated heterocycles. The van der Waals surface area contributed by atoms with E-state index in [1.165, 1.54) is 17.9 Å². The monoisotopic (exact) mass is 435 g/mol. The quantitative estimate of drug-likeness (QED) is 0.488. The maximum Gasteiger partial charge on any atom is 0.275 e. The summed E-state index contributed by atoms with van der Waals surface area (Å²) in [6.07, 6.45) is 2.17. The van der Waals surface area contributed by atoms with E-state index in [4.69, 9.17) is 0 Å². The first kappa shape index (κ1) is 19.8. The van der Waals surface area contributed by atoms with Gasteiger partial charge in [-0.2, -0.15) is 9.47 Å². The van der Waals surface area contributed by atoms with Crippen molar-refractivity contribution in [2.75, 3.05) is 13.1 Å². The Labute approximate surface area is 183 Å². The van der Waals surface area contributed by atoms with Crippen LogP contribution in [0.2, 0.25) is 0 Å². The Hall–Kier alpha value is -3.13. The van der Waals surface area contributed by atoms with E-state index in [9.17, 15) is 9.18 Å². The zero-order chi connectivity index (χ0) is 21.8. The number of hydrogen-bond acceptors (Lipinski definition) is 5. The maximum atomic E-state index is 14.5. The van der Waals surface area contributed by atoms with Crippen molar-refractivity contribution in [2.45, 2.75) is 25.7 Å². The minimum absolute atomic E-state index is 0.116. The predicted molar refractivity (Wildman–Crippen MR) is 118 cm³/mol. The van der Waals surface area contributed by atoms with E-state index >= 15 is 0 Å². The normalized spacial score (nSPS) is 18.8. The number of hydrogen-bond donors (Lipinski definition) is 0. The van der Waals surface area contributed by atoms with E-state index < -0.39 is 5.41 Å². The molecule has 0 spiro atoms. The summed E-state index contributed by atoms with van der Waals surface area (Å²) in [6.45, 7) is 4.70. The first-order chi connectivity index (χ1) is 14.9. The highest BCUT2D eigenvalue weighted by Gasteiger charge is 2.46. The fourth-order valence-corrected chi connectivity index (χ4v) is 5.23. The molecule has 8 heteroatoms. The standard InChI is InChI=1S/C23H22FN5OS/c1-14-4-7-19-17(10-14)20(27-28(19)3)21(30)29-9-8-23(12-29,22-25-13-26-31-22)16-6-5-15(2)18(24)11-16/h4-7,10-11,13H,8-9,12H2,1-3H3. The topological polar surface area (TPSA) is 63.9 Å². The minimum Gasteiger partial charge on any atom is -0.336 e. The highest BCUT2D eigenvalue weighted by Crippen LogP contribution is 2.42. The van der Waals surface area contributed by atoms with Crippen molar-refractivity contribution >= 4 is 28.3 Å². The molecule has 31 heavy (non-hydrogen) atoms. The lowest BCUT2D eigenvalue weighted by molar-refractivity contribution is 0.0781. The van der Waals surface area contributed by atoms with Crippen LogP contribution in [0.4, 0.5) is 4.39 Å². The average Bonchev–Trinajstić information content (AvgIpc) is 3.49. The lowest BCUT2D eigenvalue weighted by Crippen LogP contribution is -2.35. The highest BCUT2D eigenvalue weighted by atomic mass is 32.1. The molecule has 0 N–H and O–H groups in total. The lowest BCUT2D eigenvalue weighted by Gasteiger charge is -2.27. The third-order valence-electron chi connectivity index (χ3n) is 6.26. The van der Waals surface area contributed by atoms with Crippen LogP contribution in [0.1, 0.15) is 38.6 Å². The lowest BCUT2D eigenvalue weighted by atomic mass is 9.80. The second-order valence-electron chi connectivity index (χ2n) is 8.26. The fourth-order valence-electron chi connectivity index (χ4n) is 4.48. The Kier molecular flexibility index (Phi) is 4.62. The summed E-state index contributed by atoms with van der Waals surface area (Å²) in [7, 11) is 1.85. The average molecular weight is 436 g/mol. The molecule has 1 aliphatic heterocycles. The Bertz CT molecular complexity index is 1300. The Morgan fingerprint density at radius 2 is 2.03 bits per heavy atom. The van der Waals surface area contributed by atoms with Crippen LogP contribution in [-0.4, -0.2) is 43.0 Å². The number of aryl methyl sites for hydroxylation is 3. The van der Waals surface area contributed by atoms with Crippen LogP contribution in [0.25, 0.3) is 10.9 Å². The maximum absolute atomic E-state index is 14.5. The third kappa shape index (κ3) is 3.13. The van der Waals surface area contributed by atoms with Gasteiger partial charge in [0.2, 0.25) is 0 Å². The number of fused-ring (bicyclic) bond motifs is 1. The van der Waals surface area contributed by atoms with E-state index in [1.807, 2.05) is 43.1 Å². The molecule has 0 saturated carbocycles. The molecule has 1 amide bonds. The number of benzene rings is 2. The van der Waals surface area contributed by atoms with Crippen LogP contribution in [0.15, 0.2) is 42.7 Å². The number of aromatic nitrogens is 4. The molecule has 0 radical (unpaired) electrons. The first-order valence-corrected chi connectivity index (χ1v) is 10.9. The van der Waals surface area contributed by atoms with Crippen molar-refractivity contribution < 1.29 is 9.18 Å². The number of amides is 1. The van der Waals surface area contributed by atoms with Crippen molar-refractivity contribution in [2.24, 2.45) is 7.05 Å². The summed E-state index contributed by atoms with van der Waals surface area (Å²) in [5, 5.41) is 6.17. The summed E-state index contributed by atoms with van der Waals surface area (Å²) in [6, 6.07) is 11.3. The Balaban J connectivity index is 1.55. The molecule has 4 aromatic rings.